The number of ketones is 1. The van der Waals surface area contributed by atoms with Crippen molar-refractivity contribution in [1.29, 1.82) is 0 Å². The van der Waals surface area contributed by atoms with Crippen molar-refractivity contribution in [2.45, 2.75) is 0 Å². The van der Waals surface area contributed by atoms with E-state index in [0.29, 0.717) is 11.3 Å². The molecule has 3 rings (SSSR count). The molecule has 3 aromatic rings. The average Bonchev–Trinajstić information content (AvgIpc) is 3.03. The SMILES string of the molecule is O=C(/C=C/c1ccc(-c2ccc(Br)cc2)o1)c1cccnc1. The highest BCUT2D eigenvalue weighted by molar-refractivity contribution is 9.10. The van der Waals surface area contributed by atoms with Gasteiger partial charge in [0.2, 0.25) is 0 Å². The Labute approximate surface area is 136 Å². The molecule has 0 amide bonds. The number of carbonyl (C=O) groups excluding carboxylic acids is 1. The minimum absolute atomic E-state index is 0.102. The smallest absolute Gasteiger partial charge is 0.187 e. The molecule has 0 unspecified atom stereocenters. The van der Waals surface area contributed by atoms with Crippen LogP contribution in [0.2, 0.25) is 0 Å². The molecule has 2 heterocycles. The van der Waals surface area contributed by atoms with Gasteiger partial charge in [0.1, 0.15) is 11.5 Å². The Balaban J connectivity index is 1.75. The third-order valence-corrected chi connectivity index (χ3v) is 3.63. The van der Waals surface area contributed by atoms with Crippen LogP contribution in [-0.2, 0) is 0 Å². The number of carbonyl (C=O) groups is 1. The quantitative estimate of drug-likeness (QED) is 0.489. The number of hydrogen-bond donors (Lipinski definition) is 0. The van der Waals surface area contributed by atoms with Crippen molar-refractivity contribution in [2.24, 2.45) is 0 Å². The largest absolute Gasteiger partial charge is 0.457 e. The van der Waals surface area contributed by atoms with Crippen LogP contribution in [0.15, 0.2) is 75.9 Å². The van der Waals surface area contributed by atoms with E-state index in [9.17, 15) is 4.79 Å². The van der Waals surface area contributed by atoms with Gasteiger partial charge in [0.25, 0.3) is 0 Å². The lowest BCUT2D eigenvalue weighted by Gasteiger charge is -1.96. The number of halogens is 1. The van der Waals surface area contributed by atoms with Crippen molar-refractivity contribution in [3.8, 4) is 11.3 Å². The predicted molar refractivity (Wildman–Crippen MR) is 89.4 cm³/mol. The van der Waals surface area contributed by atoms with Gasteiger partial charge in [-0.2, -0.15) is 0 Å². The second-order valence-corrected chi connectivity index (χ2v) is 5.56. The van der Waals surface area contributed by atoms with E-state index < -0.39 is 0 Å². The van der Waals surface area contributed by atoms with Gasteiger partial charge in [0.05, 0.1) is 0 Å². The van der Waals surface area contributed by atoms with E-state index in [0.717, 1.165) is 15.8 Å². The van der Waals surface area contributed by atoms with Gasteiger partial charge in [0, 0.05) is 28.0 Å². The molecule has 0 saturated carbocycles. The topological polar surface area (TPSA) is 43.1 Å². The number of furan rings is 1. The molecule has 0 aliphatic heterocycles. The third-order valence-electron chi connectivity index (χ3n) is 3.10. The predicted octanol–water partition coefficient (Wildman–Crippen LogP) is 5.00. The van der Waals surface area contributed by atoms with Gasteiger partial charge in [-0.3, -0.25) is 9.78 Å². The standard InChI is InChI=1S/C18H12BrNO2/c19-15-5-3-13(4-6-15)18-10-8-16(22-18)7-9-17(21)14-2-1-11-20-12-14/h1-12H/b9-7+. The summed E-state index contributed by atoms with van der Waals surface area (Å²) in [5.41, 5.74) is 1.54. The molecule has 1 aromatic carbocycles. The van der Waals surface area contributed by atoms with Gasteiger partial charge in [-0.15, -0.1) is 0 Å². The zero-order chi connectivity index (χ0) is 15.4. The molecular formula is C18H12BrNO2. The minimum atomic E-state index is -0.102. The molecular weight excluding hydrogens is 342 g/mol. The lowest BCUT2D eigenvalue weighted by atomic mass is 10.2. The number of pyridine rings is 1. The number of rotatable bonds is 4. The molecule has 0 atom stereocenters. The Morgan fingerprint density at radius 1 is 1.09 bits per heavy atom. The molecule has 0 fully saturated rings. The second-order valence-electron chi connectivity index (χ2n) is 4.65. The molecule has 0 saturated heterocycles. The molecule has 2 aromatic heterocycles. The molecule has 0 aliphatic rings. The summed E-state index contributed by atoms with van der Waals surface area (Å²) >= 11 is 3.40. The van der Waals surface area contributed by atoms with Crippen LogP contribution in [0.25, 0.3) is 17.4 Å². The number of benzene rings is 1. The van der Waals surface area contributed by atoms with E-state index in [2.05, 4.69) is 20.9 Å². The monoisotopic (exact) mass is 353 g/mol. The van der Waals surface area contributed by atoms with Gasteiger partial charge in [0.15, 0.2) is 5.78 Å². The van der Waals surface area contributed by atoms with E-state index in [1.807, 2.05) is 36.4 Å². The minimum Gasteiger partial charge on any atom is -0.457 e. The van der Waals surface area contributed by atoms with Crippen LogP contribution in [-0.4, -0.2) is 10.8 Å². The first-order valence-corrected chi connectivity index (χ1v) is 7.50. The summed E-state index contributed by atoms with van der Waals surface area (Å²) < 4.78 is 6.74. The molecule has 4 heteroatoms. The Hall–Kier alpha value is -2.46. The Morgan fingerprint density at radius 2 is 1.91 bits per heavy atom. The van der Waals surface area contributed by atoms with Crippen molar-refractivity contribution in [3.05, 3.63) is 82.8 Å². The van der Waals surface area contributed by atoms with Crippen LogP contribution in [0.4, 0.5) is 0 Å². The number of aromatic nitrogens is 1. The molecule has 3 nitrogen and oxygen atoms in total. The first-order valence-electron chi connectivity index (χ1n) is 6.70. The number of allylic oxidation sites excluding steroid dienone is 1. The van der Waals surface area contributed by atoms with E-state index in [4.69, 9.17) is 4.42 Å². The van der Waals surface area contributed by atoms with Gasteiger partial charge < -0.3 is 4.42 Å². The van der Waals surface area contributed by atoms with E-state index >= 15 is 0 Å². The molecule has 0 radical (unpaired) electrons. The van der Waals surface area contributed by atoms with E-state index in [1.165, 1.54) is 6.08 Å². The first kappa shape index (κ1) is 14.5. The van der Waals surface area contributed by atoms with Gasteiger partial charge >= 0.3 is 0 Å². The maximum absolute atomic E-state index is 12.0. The molecule has 0 bridgehead atoms. The summed E-state index contributed by atoms with van der Waals surface area (Å²) in [6, 6.07) is 15.0. The summed E-state index contributed by atoms with van der Waals surface area (Å²) in [5, 5.41) is 0. The van der Waals surface area contributed by atoms with Crippen LogP contribution in [0.5, 0.6) is 0 Å². The highest BCUT2D eigenvalue weighted by atomic mass is 79.9. The van der Waals surface area contributed by atoms with Gasteiger partial charge in [-0.1, -0.05) is 28.1 Å². The van der Waals surface area contributed by atoms with Crippen LogP contribution >= 0.6 is 15.9 Å². The normalized spacial score (nSPS) is 11.0. The highest BCUT2D eigenvalue weighted by Gasteiger charge is 2.04. The highest BCUT2D eigenvalue weighted by Crippen LogP contribution is 2.24. The lowest BCUT2D eigenvalue weighted by molar-refractivity contribution is 0.104. The fraction of sp³-hybridized carbons (Fsp3) is 0. The number of nitrogens with zero attached hydrogens (tertiary/aromatic N) is 1. The third kappa shape index (κ3) is 3.40. The van der Waals surface area contributed by atoms with Crippen LogP contribution in [0, 0.1) is 0 Å². The Kier molecular flexibility index (Phi) is 4.30. The van der Waals surface area contributed by atoms with Crippen LogP contribution in [0.1, 0.15) is 16.1 Å². The number of hydrogen-bond acceptors (Lipinski definition) is 3. The van der Waals surface area contributed by atoms with Crippen LogP contribution < -0.4 is 0 Å². The lowest BCUT2D eigenvalue weighted by Crippen LogP contribution is -1.93. The fourth-order valence-corrected chi connectivity index (χ4v) is 2.24. The average molecular weight is 354 g/mol. The maximum atomic E-state index is 12.0. The van der Waals surface area contributed by atoms with Crippen molar-refractivity contribution in [1.82, 2.24) is 4.98 Å². The van der Waals surface area contributed by atoms with Gasteiger partial charge in [-0.25, -0.2) is 0 Å². The summed E-state index contributed by atoms with van der Waals surface area (Å²) in [4.78, 5) is 15.9. The van der Waals surface area contributed by atoms with Crippen molar-refractivity contribution < 1.29 is 9.21 Å². The Morgan fingerprint density at radius 3 is 2.64 bits per heavy atom. The molecule has 0 spiro atoms. The summed E-state index contributed by atoms with van der Waals surface area (Å²) in [6.45, 7) is 0. The fourth-order valence-electron chi connectivity index (χ4n) is 1.97. The van der Waals surface area contributed by atoms with Gasteiger partial charge in [-0.05, 0) is 48.6 Å². The van der Waals surface area contributed by atoms with Crippen LogP contribution in [0.3, 0.4) is 0 Å². The van der Waals surface area contributed by atoms with Crippen molar-refractivity contribution in [2.75, 3.05) is 0 Å². The maximum Gasteiger partial charge on any atom is 0.187 e. The van der Waals surface area contributed by atoms with Crippen molar-refractivity contribution >= 4 is 27.8 Å². The second kappa shape index (κ2) is 6.54. The zero-order valence-electron chi connectivity index (χ0n) is 11.6. The summed E-state index contributed by atoms with van der Waals surface area (Å²) in [5.74, 6) is 1.30. The summed E-state index contributed by atoms with van der Waals surface area (Å²) in [6.07, 6.45) is 6.33. The van der Waals surface area contributed by atoms with E-state index in [1.54, 1.807) is 30.6 Å². The molecule has 108 valence electrons. The first-order chi connectivity index (χ1) is 10.7. The zero-order valence-corrected chi connectivity index (χ0v) is 13.2. The summed E-state index contributed by atoms with van der Waals surface area (Å²) in [7, 11) is 0. The van der Waals surface area contributed by atoms with Crippen molar-refractivity contribution in [3.63, 3.8) is 0 Å². The molecule has 22 heavy (non-hydrogen) atoms. The molecule has 0 aliphatic carbocycles. The molecule has 0 N–H and O–H groups in total. The Bertz CT molecular complexity index is 805. The van der Waals surface area contributed by atoms with E-state index in [-0.39, 0.29) is 5.78 Å².